The number of hydrogen-bond donors (Lipinski definition) is 3. The summed E-state index contributed by atoms with van der Waals surface area (Å²) in [6.07, 6.45) is 5.30. The van der Waals surface area contributed by atoms with Crippen molar-refractivity contribution in [3.63, 3.8) is 0 Å². The zero-order valence-electron chi connectivity index (χ0n) is 18.1. The van der Waals surface area contributed by atoms with Crippen LogP contribution in [-0.2, 0) is 11.2 Å². The Morgan fingerprint density at radius 3 is 2.29 bits per heavy atom. The number of hydrogen-bond acceptors (Lipinski definition) is 4. The Morgan fingerprint density at radius 1 is 1.21 bits per heavy atom. The van der Waals surface area contributed by atoms with Gasteiger partial charge in [-0.2, -0.15) is 5.06 Å². The molecule has 1 fully saturated rings. The lowest BCUT2D eigenvalue weighted by atomic mass is 9.78. The molecule has 1 aromatic carbocycles. The normalized spacial score (nSPS) is 21.3. The summed E-state index contributed by atoms with van der Waals surface area (Å²) >= 11 is 0. The van der Waals surface area contributed by atoms with Crippen molar-refractivity contribution in [2.75, 3.05) is 0 Å². The van der Waals surface area contributed by atoms with Gasteiger partial charge >= 0.3 is 0 Å². The molecule has 1 amide bonds. The summed E-state index contributed by atoms with van der Waals surface area (Å²) in [7, 11) is 0. The Kier molecular flexibility index (Phi) is 6.94. The first-order valence-corrected chi connectivity index (χ1v) is 10.2. The van der Waals surface area contributed by atoms with Gasteiger partial charge in [-0.1, -0.05) is 23.8 Å². The summed E-state index contributed by atoms with van der Waals surface area (Å²) < 4.78 is 0. The Bertz CT molecular complexity index is 689. The van der Waals surface area contributed by atoms with E-state index in [-0.39, 0.29) is 34.7 Å². The predicted octanol–water partition coefficient (Wildman–Crippen LogP) is 4.43. The number of amides is 1. The highest BCUT2D eigenvalue weighted by Gasteiger charge is 2.45. The van der Waals surface area contributed by atoms with Gasteiger partial charge in [0, 0.05) is 17.1 Å². The fourth-order valence-corrected chi connectivity index (χ4v) is 4.21. The Morgan fingerprint density at radius 2 is 1.75 bits per heavy atom. The maximum atomic E-state index is 12.8. The minimum Gasteiger partial charge on any atom is -0.508 e. The highest BCUT2D eigenvalue weighted by molar-refractivity contribution is 5.81. The quantitative estimate of drug-likeness (QED) is 0.630. The van der Waals surface area contributed by atoms with Crippen LogP contribution in [0.5, 0.6) is 5.75 Å². The molecule has 5 nitrogen and oxygen atoms in total. The Labute approximate surface area is 169 Å². The molecule has 0 saturated carbocycles. The van der Waals surface area contributed by atoms with E-state index in [1.165, 1.54) is 10.6 Å². The minimum absolute atomic E-state index is 0.0429. The molecule has 1 heterocycles. The Balaban J connectivity index is 1.91. The van der Waals surface area contributed by atoms with Gasteiger partial charge in [0.1, 0.15) is 5.75 Å². The van der Waals surface area contributed by atoms with Gasteiger partial charge < -0.3 is 15.6 Å². The monoisotopic (exact) mass is 388 g/mol. The van der Waals surface area contributed by atoms with E-state index in [9.17, 15) is 15.1 Å². The second-order valence-electron chi connectivity index (χ2n) is 9.43. The van der Waals surface area contributed by atoms with Crippen molar-refractivity contribution in [1.82, 2.24) is 10.4 Å². The van der Waals surface area contributed by atoms with Crippen molar-refractivity contribution in [2.24, 2.45) is 5.92 Å². The van der Waals surface area contributed by atoms with Gasteiger partial charge in [0.15, 0.2) is 0 Å². The molecule has 1 aromatic rings. The number of carbonyl (C=O) groups is 1. The molecule has 0 aliphatic carbocycles. The minimum atomic E-state index is -0.377. The number of rotatable bonds is 6. The van der Waals surface area contributed by atoms with E-state index in [1.807, 2.05) is 53.7 Å². The molecule has 0 spiro atoms. The topological polar surface area (TPSA) is 72.8 Å². The highest BCUT2D eigenvalue weighted by Crippen LogP contribution is 2.36. The van der Waals surface area contributed by atoms with E-state index in [2.05, 4.69) is 11.4 Å². The number of hydroxylamine groups is 2. The second-order valence-corrected chi connectivity index (χ2v) is 9.43. The molecule has 2 rings (SSSR count). The van der Waals surface area contributed by atoms with Gasteiger partial charge in [0.2, 0.25) is 5.91 Å². The smallest absolute Gasteiger partial charge is 0.227 e. The molecule has 0 radical (unpaired) electrons. The lowest BCUT2D eigenvalue weighted by molar-refractivity contribution is -0.246. The first kappa shape index (κ1) is 22.4. The largest absolute Gasteiger partial charge is 0.508 e. The summed E-state index contributed by atoms with van der Waals surface area (Å²) in [6.45, 7) is 12.0. The molecule has 1 aliphatic heterocycles. The number of aryl methyl sites for hydroxylation is 1. The third kappa shape index (κ3) is 5.58. The summed E-state index contributed by atoms with van der Waals surface area (Å²) in [5, 5.41) is 24.4. The van der Waals surface area contributed by atoms with E-state index >= 15 is 0 Å². The van der Waals surface area contributed by atoms with Crippen molar-refractivity contribution >= 4 is 5.91 Å². The van der Waals surface area contributed by atoms with Gasteiger partial charge in [-0.25, -0.2) is 0 Å². The standard InChI is InChI=1S/C23H36N2O3/c1-16(8-7-9-18-10-12-20(26)13-11-18)17(2)21(27)24-19-14-22(3,4)25(28)23(5,6)15-19/h8,10-13,17,19,26,28H,7,9,14-15H2,1-6H3,(H,24,27)/b16-8+. The summed E-state index contributed by atoms with van der Waals surface area (Å²) in [5.41, 5.74) is 1.48. The number of phenolic OH excluding ortho intramolecular Hbond substituents is 1. The first-order chi connectivity index (χ1) is 12.9. The Hall–Kier alpha value is -1.85. The third-order valence-electron chi connectivity index (χ3n) is 5.90. The van der Waals surface area contributed by atoms with Crippen molar-refractivity contribution in [3.05, 3.63) is 41.5 Å². The predicted molar refractivity (Wildman–Crippen MR) is 112 cm³/mol. The molecule has 3 N–H and O–H groups in total. The fourth-order valence-electron chi connectivity index (χ4n) is 4.21. The number of benzene rings is 1. The zero-order chi connectivity index (χ0) is 21.1. The lowest BCUT2D eigenvalue weighted by Gasteiger charge is -2.51. The van der Waals surface area contributed by atoms with Gasteiger partial charge in [-0.3, -0.25) is 4.79 Å². The molecule has 0 aromatic heterocycles. The molecule has 28 heavy (non-hydrogen) atoms. The first-order valence-electron chi connectivity index (χ1n) is 10.2. The molecule has 1 saturated heterocycles. The summed E-state index contributed by atoms with van der Waals surface area (Å²) in [6, 6.07) is 7.29. The van der Waals surface area contributed by atoms with Gasteiger partial charge in [0.05, 0.1) is 5.92 Å². The molecule has 1 aliphatic rings. The van der Waals surface area contributed by atoms with E-state index < -0.39 is 0 Å². The summed E-state index contributed by atoms with van der Waals surface area (Å²) in [5.74, 6) is 0.138. The molecule has 1 atom stereocenters. The van der Waals surface area contributed by atoms with Crippen molar-refractivity contribution in [1.29, 1.82) is 0 Å². The number of aromatic hydroxyl groups is 1. The second kappa shape index (κ2) is 8.66. The van der Waals surface area contributed by atoms with Crippen LogP contribution in [0.25, 0.3) is 0 Å². The molecular formula is C23H36N2O3. The van der Waals surface area contributed by atoms with Crippen LogP contribution in [0.3, 0.4) is 0 Å². The van der Waals surface area contributed by atoms with Crippen molar-refractivity contribution in [2.45, 2.75) is 84.3 Å². The molecular weight excluding hydrogens is 352 g/mol. The zero-order valence-corrected chi connectivity index (χ0v) is 18.1. The number of nitrogens with zero attached hydrogens (tertiary/aromatic N) is 1. The SMILES string of the molecule is C/C(=C\CCc1ccc(O)cc1)C(C)C(=O)NC1CC(C)(C)N(O)C(C)(C)C1. The van der Waals surface area contributed by atoms with Gasteiger partial charge in [0.25, 0.3) is 0 Å². The highest BCUT2D eigenvalue weighted by atomic mass is 16.5. The number of allylic oxidation sites excluding steroid dienone is 1. The van der Waals surface area contributed by atoms with E-state index in [4.69, 9.17) is 0 Å². The molecule has 5 heteroatoms. The van der Waals surface area contributed by atoms with Crippen LogP contribution in [0.15, 0.2) is 35.9 Å². The third-order valence-corrected chi connectivity index (χ3v) is 5.90. The van der Waals surface area contributed by atoms with Crippen LogP contribution in [0.4, 0.5) is 0 Å². The number of nitrogens with one attached hydrogen (secondary N) is 1. The van der Waals surface area contributed by atoms with Gasteiger partial charge in [-0.15, -0.1) is 0 Å². The number of piperidine rings is 1. The average molecular weight is 389 g/mol. The number of phenols is 1. The van der Waals surface area contributed by atoms with E-state index in [0.29, 0.717) is 0 Å². The lowest BCUT2D eigenvalue weighted by Crippen LogP contribution is -2.63. The van der Waals surface area contributed by atoms with Crippen LogP contribution >= 0.6 is 0 Å². The van der Waals surface area contributed by atoms with Crippen LogP contribution in [0.1, 0.15) is 66.4 Å². The van der Waals surface area contributed by atoms with Gasteiger partial charge in [-0.05, 0) is 84.9 Å². The molecule has 0 bridgehead atoms. The molecule has 156 valence electrons. The van der Waals surface area contributed by atoms with Crippen LogP contribution in [-0.4, -0.2) is 38.4 Å². The number of carbonyl (C=O) groups excluding carboxylic acids is 1. The van der Waals surface area contributed by atoms with Crippen molar-refractivity contribution < 1.29 is 15.1 Å². The fraction of sp³-hybridized carbons (Fsp3) is 0.609. The average Bonchev–Trinajstić information content (AvgIpc) is 2.60. The van der Waals surface area contributed by atoms with E-state index in [1.54, 1.807) is 12.1 Å². The molecule has 1 unspecified atom stereocenters. The van der Waals surface area contributed by atoms with E-state index in [0.717, 1.165) is 31.3 Å². The maximum absolute atomic E-state index is 12.8. The maximum Gasteiger partial charge on any atom is 0.227 e. The van der Waals surface area contributed by atoms with Crippen LogP contribution in [0.2, 0.25) is 0 Å². The summed E-state index contributed by atoms with van der Waals surface area (Å²) in [4.78, 5) is 12.8. The van der Waals surface area contributed by atoms with Crippen LogP contribution < -0.4 is 5.32 Å². The van der Waals surface area contributed by atoms with Crippen LogP contribution in [0, 0.1) is 5.92 Å². The van der Waals surface area contributed by atoms with Crippen molar-refractivity contribution in [3.8, 4) is 5.75 Å².